The minimum absolute atomic E-state index is 0.0796. The molecule has 0 radical (unpaired) electrons. The molecule has 0 aromatic rings. The molecule has 1 fully saturated rings. The van der Waals surface area contributed by atoms with E-state index in [1.165, 1.54) is 0 Å². The van der Waals surface area contributed by atoms with Crippen molar-refractivity contribution in [1.82, 2.24) is 4.90 Å². The van der Waals surface area contributed by atoms with Crippen LogP contribution in [0.5, 0.6) is 0 Å². The van der Waals surface area contributed by atoms with Gasteiger partial charge in [-0.15, -0.1) is 0 Å². The molecule has 0 amide bonds. The van der Waals surface area contributed by atoms with Crippen LogP contribution in [0.4, 0.5) is 8.78 Å². The van der Waals surface area contributed by atoms with E-state index in [1.54, 1.807) is 4.90 Å². The third-order valence-corrected chi connectivity index (χ3v) is 2.48. The molecule has 1 saturated heterocycles. The summed E-state index contributed by atoms with van der Waals surface area (Å²) in [6.45, 7) is 4.23. The highest BCUT2D eigenvalue weighted by atomic mass is 19.3. The summed E-state index contributed by atoms with van der Waals surface area (Å²) < 4.78 is 26.2. The number of hydrogen-bond acceptors (Lipinski definition) is 2. The smallest absolute Gasteiger partial charge is 0.265 e. The van der Waals surface area contributed by atoms with Gasteiger partial charge in [-0.3, -0.25) is 4.90 Å². The van der Waals surface area contributed by atoms with Gasteiger partial charge in [-0.2, -0.15) is 0 Å². The molecule has 0 aliphatic carbocycles. The van der Waals surface area contributed by atoms with Crippen LogP contribution < -0.4 is 5.73 Å². The first-order valence-electron chi connectivity index (χ1n) is 4.29. The van der Waals surface area contributed by atoms with Crippen molar-refractivity contribution in [1.29, 1.82) is 0 Å². The molecule has 1 heterocycles. The van der Waals surface area contributed by atoms with Crippen LogP contribution in [0.2, 0.25) is 0 Å². The van der Waals surface area contributed by atoms with Crippen molar-refractivity contribution < 1.29 is 8.78 Å². The Morgan fingerprint density at radius 2 is 2.17 bits per heavy atom. The van der Waals surface area contributed by atoms with Gasteiger partial charge in [0.25, 0.3) is 5.92 Å². The van der Waals surface area contributed by atoms with Gasteiger partial charge in [0, 0.05) is 25.0 Å². The summed E-state index contributed by atoms with van der Waals surface area (Å²) in [5.74, 6) is -3.24. The van der Waals surface area contributed by atoms with Crippen LogP contribution in [0.3, 0.4) is 0 Å². The lowest BCUT2D eigenvalue weighted by Crippen LogP contribution is -2.32. The zero-order valence-corrected chi connectivity index (χ0v) is 7.56. The maximum absolute atomic E-state index is 13.1. The Labute approximate surface area is 71.7 Å². The van der Waals surface area contributed by atoms with Gasteiger partial charge in [-0.1, -0.05) is 0 Å². The second-order valence-corrected chi connectivity index (χ2v) is 3.72. The lowest BCUT2D eigenvalue weighted by atomic mass is 10.1. The minimum atomic E-state index is -2.58. The summed E-state index contributed by atoms with van der Waals surface area (Å²) in [7, 11) is 0. The largest absolute Gasteiger partial charge is 0.330 e. The molecule has 0 aromatic carbocycles. The average molecular weight is 178 g/mol. The topological polar surface area (TPSA) is 29.3 Å². The van der Waals surface area contributed by atoms with Crippen molar-refractivity contribution in [2.75, 3.05) is 19.6 Å². The first-order chi connectivity index (χ1) is 5.47. The molecule has 2 nitrogen and oxygen atoms in total. The van der Waals surface area contributed by atoms with Gasteiger partial charge in [0.15, 0.2) is 0 Å². The van der Waals surface area contributed by atoms with Crippen LogP contribution in [0.15, 0.2) is 0 Å². The third-order valence-electron chi connectivity index (χ3n) is 2.48. The van der Waals surface area contributed by atoms with Crippen molar-refractivity contribution >= 4 is 0 Å². The molecule has 1 aliphatic heterocycles. The third kappa shape index (κ3) is 1.75. The van der Waals surface area contributed by atoms with Gasteiger partial charge >= 0.3 is 0 Å². The predicted octanol–water partition coefficient (Wildman–Crippen LogP) is 0.921. The van der Waals surface area contributed by atoms with Gasteiger partial charge in [0.1, 0.15) is 0 Å². The molecular formula is C8H16F2N2. The van der Waals surface area contributed by atoms with Gasteiger partial charge in [-0.05, 0) is 13.8 Å². The molecule has 0 aromatic heterocycles. The molecular weight excluding hydrogens is 162 g/mol. The normalized spacial score (nSPS) is 30.0. The Hall–Kier alpha value is -0.220. The Kier molecular flexibility index (Phi) is 2.68. The number of nitrogens with zero attached hydrogens (tertiary/aromatic N) is 1. The fourth-order valence-electron chi connectivity index (χ4n) is 1.52. The predicted molar refractivity (Wildman–Crippen MR) is 44.2 cm³/mol. The number of likely N-dealkylation sites (tertiary alicyclic amines) is 1. The highest BCUT2D eigenvalue weighted by molar-refractivity contribution is 4.91. The van der Waals surface area contributed by atoms with Gasteiger partial charge in [-0.25, -0.2) is 8.78 Å². The Morgan fingerprint density at radius 1 is 1.58 bits per heavy atom. The highest BCUT2D eigenvalue weighted by Gasteiger charge is 2.47. The molecule has 12 heavy (non-hydrogen) atoms. The number of nitrogens with two attached hydrogens (primary N) is 1. The van der Waals surface area contributed by atoms with Gasteiger partial charge < -0.3 is 5.73 Å². The fourth-order valence-corrected chi connectivity index (χ4v) is 1.52. The molecule has 0 spiro atoms. The highest BCUT2D eigenvalue weighted by Crippen LogP contribution is 2.33. The van der Waals surface area contributed by atoms with Crippen LogP contribution in [0.25, 0.3) is 0 Å². The van der Waals surface area contributed by atoms with Crippen molar-refractivity contribution in [3.8, 4) is 0 Å². The molecule has 1 rings (SSSR count). The number of alkyl halides is 2. The molecule has 72 valence electrons. The quantitative estimate of drug-likeness (QED) is 0.681. The summed E-state index contributed by atoms with van der Waals surface area (Å²) in [6, 6.07) is 0.187. The van der Waals surface area contributed by atoms with Gasteiger partial charge in [0.2, 0.25) is 0 Å². The Morgan fingerprint density at radius 3 is 2.42 bits per heavy atom. The maximum atomic E-state index is 13.1. The maximum Gasteiger partial charge on any atom is 0.265 e. The van der Waals surface area contributed by atoms with Crippen molar-refractivity contribution in [3.05, 3.63) is 0 Å². The number of hydrogen-bond donors (Lipinski definition) is 1. The van der Waals surface area contributed by atoms with Crippen LogP contribution >= 0.6 is 0 Å². The lowest BCUT2D eigenvalue weighted by molar-refractivity contribution is -0.0252. The Balaban J connectivity index is 2.60. The number of halogens is 2. The SMILES string of the molecule is CC(C)N1CC(CN)C(F)(F)C1. The zero-order valence-electron chi connectivity index (χ0n) is 7.56. The molecule has 1 aliphatic rings. The van der Waals surface area contributed by atoms with Crippen LogP contribution in [-0.4, -0.2) is 36.5 Å². The van der Waals surface area contributed by atoms with Crippen LogP contribution in [0, 0.1) is 5.92 Å². The van der Waals surface area contributed by atoms with Crippen molar-refractivity contribution in [3.63, 3.8) is 0 Å². The molecule has 0 bridgehead atoms. The van der Waals surface area contributed by atoms with Crippen LogP contribution in [-0.2, 0) is 0 Å². The van der Waals surface area contributed by atoms with E-state index in [0.29, 0.717) is 6.54 Å². The van der Waals surface area contributed by atoms with E-state index in [0.717, 1.165) is 0 Å². The van der Waals surface area contributed by atoms with Crippen molar-refractivity contribution in [2.24, 2.45) is 11.7 Å². The molecule has 4 heteroatoms. The van der Waals surface area contributed by atoms with E-state index < -0.39 is 11.8 Å². The van der Waals surface area contributed by atoms with E-state index >= 15 is 0 Å². The summed E-state index contributed by atoms with van der Waals surface area (Å²) in [5, 5.41) is 0. The van der Waals surface area contributed by atoms with Crippen LogP contribution in [0.1, 0.15) is 13.8 Å². The summed E-state index contributed by atoms with van der Waals surface area (Å²) >= 11 is 0. The average Bonchev–Trinajstić information content (AvgIpc) is 2.25. The van der Waals surface area contributed by atoms with E-state index in [1.807, 2.05) is 13.8 Å². The molecule has 1 unspecified atom stereocenters. The lowest BCUT2D eigenvalue weighted by Gasteiger charge is -2.19. The number of rotatable bonds is 2. The van der Waals surface area contributed by atoms with E-state index in [4.69, 9.17) is 5.73 Å². The van der Waals surface area contributed by atoms with E-state index in [-0.39, 0.29) is 19.1 Å². The first kappa shape index (κ1) is 9.86. The van der Waals surface area contributed by atoms with Gasteiger partial charge in [0.05, 0.1) is 6.54 Å². The van der Waals surface area contributed by atoms with Crippen molar-refractivity contribution in [2.45, 2.75) is 25.8 Å². The molecule has 0 saturated carbocycles. The summed E-state index contributed by atoms with van der Waals surface area (Å²) in [4.78, 5) is 1.78. The minimum Gasteiger partial charge on any atom is -0.330 e. The van der Waals surface area contributed by atoms with E-state index in [9.17, 15) is 8.78 Å². The summed E-state index contributed by atoms with van der Waals surface area (Å²) in [5.41, 5.74) is 5.27. The fraction of sp³-hybridized carbons (Fsp3) is 1.00. The molecule has 1 atom stereocenters. The Bertz CT molecular complexity index is 159. The molecule has 2 N–H and O–H groups in total. The second kappa shape index (κ2) is 3.26. The monoisotopic (exact) mass is 178 g/mol. The standard InChI is InChI=1S/C8H16F2N2/c1-6(2)12-4-7(3-11)8(9,10)5-12/h6-7H,3-5,11H2,1-2H3. The zero-order chi connectivity index (χ0) is 9.35. The second-order valence-electron chi connectivity index (χ2n) is 3.72. The first-order valence-corrected chi connectivity index (χ1v) is 4.29. The van der Waals surface area contributed by atoms with E-state index in [2.05, 4.69) is 0 Å². The summed E-state index contributed by atoms with van der Waals surface area (Å²) in [6.07, 6.45) is 0.